The summed E-state index contributed by atoms with van der Waals surface area (Å²) >= 11 is 0. The van der Waals surface area contributed by atoms with Crippen molar-refractivity contribution in [3.05, 3.63) is 35.1 Å². The molecule has 0 aliphatic heterocycles. The summed E-state index contributed by atoms with van der Waals surface area (Å²) in [6, 6.07) is 1.77. The smallest absolute Gasteiger partial charge is 0.194 e. The average molecular weight is 204 g/mol. The quantitative estimate of drug-likeness (QED) is 0.733. The Labute approximate surface area is 80.2 Å². The van der Waals surface area contributed by atoms with Crippen molar-refractivity contribution in [2.24, 2.45) is 0 Å². The Bertz CT molecular complexity index is 319. The molecule has 0 saturated heterocycles. The number of benzene rings is 1. The molecule has 1 rings (SSSR count). The molecule has 0 saturated carbocycles. The first-order valence-electron chi connectivity index (χ1n) is 4.15. The first-order valence-corrected chi connectivity index (χ1v) is 4.15. The van der Waals surface area contributed by atoms with Crippen molar-refractivity contribution in [3.8, 4) is 0 Å². The van der Waals surface area contributed by atoms with E-state index in [1.807, 2.05) is 0 Å². The van der Waals surface area contributed by atoms with Crippen molar-refractivity contribution >= 4 is 0 Å². The van der Waals surface area contributed by atoms with Crippen LogP contribution in [0.1, 0.15) is 19.4 Å². The summed E-state index contributed by atoms with van der Waals surface area (Å²) in [6.45, 7) is 3.01. The molecule has 14 heavy (non-hydrogen) atoms. The van der Waals surface area contributed by atoms with Gasteiger partial charge in [0.1, 0.15) is 0 Å². The second-order valence-electron chi connectivity index (χ2n) is 3.86. The van der Waals surface area contributed by atoms with E-state index in [4.69, 9.17) is 0 Å². The Morgan fingerprint density at radius 1 is 1.14 bits per heavy atom. The zero-order valence-electron chi connectivity index (χ0n) is 7.94. The van der Waals surface area contributed by atoms with Crippen molar-refractivity contribution in [1.29, 1.82) is 0 Å². The fourth-order valence-electron chi connectivity index (χ4n) is 1.21. The molecule has 4 heteroatoms. The van der Waals surface area contributed by atoms with Crippen LogP contribution in [0.25, 0.3) is 0 Å². The van der Waals surface area contributed by atoms with E-state index in [0.29, 0.717) is 0 Å². The highest BCUT2D eigenvalue weighted by atomic mass is 19.2. The molecule has 0 amide bonds. The van der Waals surface area contributed by atoms with Gasteiger partial charge in [-0.05, 0) is 31.5 Å². The van der Waals surface area contributed by atoms with Crippen LogP contribution in [0.3, 0.4) is 0 Å². The monoisotopic (exact) mass is 204 g/mol. The van der Waals surface area contributed by atoms with Gasteiger partial charge in [-0.25, -0.2) is 13.2 Å². The SMILES string of the molecule is CC(C)(O)Cc1cc(F)c(F)c(F)c1. The van der Waals surface area contributed by atoms with Crippen LogP contribution in [0.5, 0.6) is 0 Å². The van der Waals surface area contributed by atoms with E-state index in [1.165, 1.54) is 13.8 Å². The van der Waals surface area contributed by atoms with Gasteiger partial charge in [-0.15, -0.1) is 0 Å². The summed E-state index contributed by atoms with van der Waals surface area (Å²) in [5.74, 6) is -3.95. The normalized spacial score (nSPS) is 11.9. The van der Waals surface area contributed by atoms with Crippen LogP contribution in [-0.4, -0.2) is 10.7 Å². The van der Waals surface area contributed by atoms with Crippen LogP contribution in [0, 0.1) is 17.5 Å². The lowest BCUT2D eigenvalue weighted by molar-refractivity contribution is 0.0808. The minimum Gasteiger partial charge on any atom is -0.390 e. The highest BCUT2D eigenvalue weighted by molar-refractivity contribution is 5.20. The lowest BCUT2D eigenvalue weighted by atomic mass is 9.98. The minimum atomic E-state index is -1.48. The number of rotatable bonds is 2. The van der Waals surface area contributed by atoms with Gasteiger partial charge in [0.25, 0.3) is 0 Å². The predicted molar refractivity (Wildman–Crippen MR) is 46.3 cm³/mol. The molecule has 0 heterocycles. The minimum absolute atomic E-state index is 0.0706. The van der Waals surface area contributed by atoms with Gasteiger partial charge in [0.05, 0.1) is 5.60 Å². The van der Waals surface area contributed by atoms with Gasteiger partial charge in [0.2, 0.25) is 0 Å². The van der Waals surface area contributed by atoms with Crippen LogP contribution >= 0.6 is 0 Å². The number of hydrogen-bond donors (Lipinski definition) is 1. The number of hydrogen-bond acceptors (Lipinski definition) is 1. The lowest BCUT2D eigenvalue weighted by Crippen LogP contribution is -2.22. The lowest BCUT2D eigenvalue weighted by Gasteiger charge is -2.16. The third-order valence-corrected chi connectivity index (χ3v) is 1.68. The van der Waals surface area contributed by atoms with Crippen molar-refractivity contribution in [2.45, 2.75) is 25.9 Å². The average Bonchev–Trinajstić information content (AvgIpc) is 1.96. The maximum Gasteiger partial charge on any atom is 0.194 e. The summed E-state index contributed by atoms with van der Waals surface area (Å²) in [5, 5.41) is 9.38. The molecule has 0 aliphatic rings. The molecule has 0 bridgehead atoms. The van der Waals surface area contributed by atoms with Crippen LogP contribution < -0.4 is 0 Å². The third-order valence-electron chi connectivity index (χ3n) is 1.68. The summed E-state index contributed by atoms with van der Waals surface area (Å²) in [7, 11) is 0. The van der Waals surface area contributed by atoms with Crippen molar-refractivity contribution < 1.29 is 18.3 Å². The van der Waals surface area contributed by atoms with E-state index in [9.17, 15) is 18.3 Å². The summed E-state index contributed by atoms with van der Waals surface area (Å²) < 4.78 is 38.0. The first kappa shape index (κ1) is 11.0. The van der Waals surface area contributed by atoms with Gasteiger partial charge in [0.15, 0.2) is 17.5 Å². The molecule has 1 aromatic carbocycles. The molecule has 0 atom stereocenters. The van der Waals surface area contributed by atoms with E-state index in [0.717, 1.165) is 12.1 Å². The van der Waals surface area contributed by atoms with E-state index >= 15 is 0 Å². The van der Waals surface area contributed by atoms with Gasteiger partial charge in [-0.2, -0.15) is 0 Å². The molecule has 0 spiro atoms. The molecule has 1 nitrogen and oxygen atoms in total. The van der Waals surface area contributed by atoms with Gasteiger partial charge >= 0.3 is 0 Å². The van der Waals surface area contributed by atoms with Crippen LogP contribution in [0.4, 0.5) is 13.2 Å². The molecule has 1 aromatic rings. The van der Waals surface area contributed by atoms with Gasteiger partial charge < -0.3 is 5.11 Å². The van der Waals surface area contributed by atoms with Crippen molar-refractivity contribution in [3.63, 3.8) is 0 Å². The summed E-state index contributed by atoms with van der Waals surface area (Å²) in [5.41, 5.74) is -0.842. The van der Waals surface area contributed by atoms with Crippen molar-refractivity contribution in [2.75, 3.05) is 0 Å². The molecular formula is C10H11F3O. The molecule has 0 radical (unpaired) electrons. The first-order chi connectivity index (χ1) is 6.29. The Balaban J connectivity index is 3.02. The molecule has 0 fully saturated rings. The second-order valence-corrected chi connectivity index (χ2v) is 3.86. The molecule has 0 unspecified atom stereocenters. The van der Waals surface area contributed by atoms with E-state index in [1.54, 1.807) is 0 Å². The standard InChI is InChI=1S/C10H11F3O/c1-10(2,14)5-6-3-7(11)9(13)8(12)4-6/h3-4,14H,5H2,1-2H3. The summed E-state index contributed by atoms with van der Waals surface area (Å²) in [4.78, 5) is 0. The van der Waals surface area contributed by atoms with E-state index in [-0.39, 0.29) is 12.0 Å². The van der Waals surface area contributed by atoms with Gasteiger partial charge in [0, 0.05) is 6.42 Å². The van der Waals surface area contributed by atoms with Crippen molar-refractivity contribution in [1.82, 2.24) is 0 Å². The highest BCUT2D eigenvalue weighted by Crippen LogP contribution is 2.17. The molecular weight excluding hydrogens is 193 g/mol. The maximum atomic E-state index is 12.7. The van der Waals surface area contributed by atoms with Crippen LogP contribution in [0.15, 0.2) is 12.1 Å². The Kier molecular flexibility index (Phi) is 2.85. The Morgan fingerprint density at radius 2 is 1.57 bits per heavy atom. The number of aliphatic hydroxyl groups is 1. The zero-order valence-corrected chi connectivity index (χ0v) is 7.94. The molecule has 0 aliphatic carbocycles. The fourth-order valence-corrected chi connectivity index (χ4v) is 1.21. The van der Waals surface area contributed by atoms with E-state index < -0.39 is 23.1 Å². The fraction of sp³-hybridized carbons (Fsp3) is 0.400. The van der Waals surface area contributed by atoms with Gasteiger partial charge in [-0.1, -0.05) is 0 Å². The Hall–Kier alpha value is -1.03. The predicted octanol–water partition coefficient (Wildman–Crippen LogP) is 2.42. The van der Waals surface area contributed by atoms with Crippen LogP contribution in [-0.2, 0) is 6.42 Å². The Morgan fingerprint density at radius 3 is 1.93 bits per heavy atom. The highest BCUT2D eigenvalue weighted by Gasteiger charge is 2.17. The van der Waals surface area contributed by atoms with Crippen LogP contribution in [0.2, 0.25) is 0 Å². The zero-order chi connectivity index (χ0) is 10.9. The topological polar surface area (TPSA) is 20.2 Å². The largest absolute Gasteiger partial charge is 0.390 e. The molecule has 1 N–H and O–H groups in total. The number of halogens is 3. The maximum absolute atomic E-state index is 12.7. The second kappa shape index (κ2) is 3.61. The summed E-state index contributed by atoms with van der Waals surface area (Å²) in [6.07, 6.45) is 0.0706. The molecule has 0 aromatic heterocycles. The van der Waals surface area contributed by atoms with E-state index in [2.05, 4.69) is 0 Å². The van der Waals surface area contributed by atoms with Gasteiger partial charge in [-0.3, -0.25) is 0 Å². The third kappa shape index (κ3) is 2.73. The molecule has 78 valence electrons.